The maximum atomic E-state index is 5.43. The van der Waals surface area contributed by atoms with Gasteiger partial charge < -0.3 is 14.8 Å². The highest BCUT2D eigenvalue weighted by atomic mass is 16.5. The summed E-state index contributed by atoms with van der Waals surface area (Å²) < 4.78 is 10.7. The predicted molar refractivity (Wildman–Crippen MR) is 89.4 cm³/mol. The predicted octanol–water partition coefficient (Wildman–Crippen LogP) is 4.05. The van der Waals surface area contributed by atoms with Crippen molar-refractivity contribution in [3.8, 4) is 11.5 Å². The maximum Gasteiger partial charge on any atom is 0.125 e. The summed E-state index contributed by atoms with van der Waals surface area (Å²) in [6.45, 7) is 6.76. The molecule has 0 heterocycles. The van der Waals surface area contributed by atoms with Crippen LogP contribution < -0.4 is 14.8 Å². The summed E-state index contributed by atoms with van der Waals surface area (Å²) in [6.07, 6.45) is 6.13. The molecule has 120 valence electrons. The molecule has 0 radical (unpaired) electrons. The van der Waals surface area contributed by atoms with Gasteiger partial charge in [0.25, 0.3) is 0 Å². The Labute approximate surface area is 130 Å². The highest BCUT2D eigenvalue weighted by Gasteiger charge is 2.04. The largest absolute Gasteiger partial charge is 0.497 e. The number of ether oxygens (including phenoxy) is 2. The van der Waals surface area contributed by atoms with Gasteiger partial charge >= 0.3 is 0 Å². The van der Waals surface area contributed by atoms with Gasteiger partial charge in [-0.1, -0.05) is 32.8 Å². The van der Waals surface area contributed by atoms with Crippen LogP contribution in [0.2, 0.25) is 0 Å². The molecular weight excluding hydrogens is 262 g/mol. The number of rotatable bonds is 11. The van der Waals surface area contributed by atoms with Crippen molar-refractivity contribution in [3.05, 3.63) is 23.8 Å². The number of methoxy groups -OCH3 is 2. The molecule has 0 aliphatic carbocycles. The van der Waals surface area contributed by atoms with Crippen molar-refractivity contribution in [2.75, 3.05) is 27.3 Å². The van der Waals surface area contributed by atoms with E-state index in [-0.39, 0.29) is 0 Å². The molecule has 1 rings (SSSR count). The fourth-order valence-electron chi connectivity index (χ4n) is 2.37. The standard InChI is InChI=1S/C18H31NO2/c1-15(2)14-19-12-8-6-5-7-9-16-10-11-17(20-3)13-18(16)21-4/h10-11,13,15,19H,5-9,12,14H2,1-4H3. The van der Waals surface area contributed by atoms with Gasteiger partial charge in [0.05, 0.1) is 14.2 Å². The molecular formula is C18H31NO2. The van der Waals surface area contributed by atoms with Crippen LogP contribution in [0.25, 0.3) is 0 Å². The van der Waals surface area contributed by atoms with E-state index >= 15 is 0 Å². The highest BCUT2D eigenvalue weighted by Crippen LogP contribution is 2.26. The first-order chi connectivity index (χ1) is 10.2. The molecule has 0 bridgehead atoms. The zero-order valence-electron chi connectivity index (χ0n) is 14.1. The third-order valence-electron chi connectivity index (χ3n) is 3.60. The quantitative estimate of drug-likeness (QED) is 0.624. The lowest BCUT2D eigenvalue weighted by atomic mass is 10.0. The van der Waals surface area contributed by atoms with Crippen molar-refractivity contribution in [1.82, 2.24) is 5.32 Å². The molecule has 3 heteroatoms. The fourth-order valence-corrected chi connectivity index (χ4v) is 2.37. The first-order valence-corrected chi connectivity index (χ1v) is 8.09. The van der Waals surface area contributed by atoms with Gasteiger partial charge in [0.15, 0.2) is 0 Å². The monoisotopic (exact) mass is 293 g/mol. The number of nitrogens with one attached hydrogen (secondary N) is 1. The number of hydrogen-bond donors (Lipinski definition) is 1. The summed E-state index contributed by atoms with van der Waals surface area (Å²) in [4.78, 5) is 0. The second-order valence-electron chi connectivity index (χ2n) is 5.94. The summed E-state index contributed by atoms with van der Waals surface area (Å²) in [5.74, 6) is 2.53. The van der Waals surface area contributed by atoms with E-state index in [0.717, 1.165) is 36.9 Å². The first kappa shape index (κ1) is 17.8. The van der Waals surface area contributed by atoms with Gasteiger partial charge in [0.1, 0.15) is 11.5 Å². The maximum absolute atomic E-state index is 5.43. The normalized spacial score (nSPS) is 10.9. The third-order valence-corrected chi connectivity index (χ3v) is 3.60. The molecule has 1 N–H and O–H groups in total. The molecule has 3 nitrogen and oxygen atoms in total. The van der Waals surface area contributed by atoms with Gasteiger partial charge in [-0.05, 0) is 49.9 Å². The Bertz CT molecular complexity index is 391. The molecule has 0 saturated heterocycles. The third kappa shape index (κ3) is 7.37. The molecule has 0 saturated carbocycles. The van der Waals surface area contributed by atoms with Crippen LogP contribution in [0.1, 0.15) is 45.1 Å². The Kier molecular flexibility index (Phi) is 8.91. The zero-order valence-corrected chi connectivity index (χ0v) is 14.1. The molecule has 0 aromatic heterocycles. The Hall–Kier alpha value is -1.22. The Balaban J connectivity index is 2.18. The molecule has 0 aliphatic rings. The number of unbranched alkanes of at least 4 members (excludes halogenated alkanes) is 3. The van der Waals surface area contributed by atoms with E-state index in [9.17, 15) is 0 Å². The van der Waals surface area contributed by atoms with E-state index in [1.807, 2.05) is 12.1 Å². The molecule has 0 unspecified atom stereocenters. The van der Waals surface area contributed by atoms with Crippen LogP contribution in [-0.4, -0.2) is 27.3 Å². The van der Waals surface area contributed by atoms with E-state index < -0.39 is 0 Å². The average Bonchev–Trinajstić information content (AvgIpc) is 2.49. The second-order valence-corrected chi connectivity index (χ2v) is 5.94. The minimum Gasteiger partial charge on any atom is -0.497 e. The van der Waals surface area contributed by atoms with Crippen LogP contribution in [0.15, 0.2) is 18.2 Å². The topological polar surface area (TPSA) is 30.5 Å². The Morgan fingerprint density at radius 3 is 2.43 bits per heavy atom. The Morgan fingerprint density at radius 1 is 1.00 bits per heavy atom. The summed E-state index contributed by atoms with van der Waals surface area (Å²) in [5, 5.41) is 3.49. The van der Waals surface area contributed by atoms with Crippen LogP contribution in [0.3, 0.4) is 0 Å². The average molecular weight is 293 g/mol. The lowest BCUT2D eigenvalue weighted by Gasteiger charge is -2.10. The van der Waals surface area contributed by atoms with Crippen molar-refractivity contribution in [3.63, 3.8) is 0 Å². The van der Waals surface area contributed by atoms with Gasteiger partial charge in [-0.15, -0.1) is 0 Å². The van der Waals surface area contributed by atoms with E-state index in [1.165, 1.54) is 31.2 Å². The molecule has 0 spiro atoms. The summed E-state index contributed by atoms with van der Waals surface area (Å²) in [5.41, 5.74) is 1.27. The van der Waals surface area contributed by atoms with Crippen LogP contribution in [0.5, 0.6) is 11.5 Å². The molecule has 0 amide bonds. The second kappa shape index (κ2) is 10.5. The number of benzene rings is 1. The van der Waals surface area contributed by atoms with Gasteiger partial charge in [-0.25, -0.2) is 0 Å². The van der Waals surface area contributed by atoms with Crippen molar-refractivity contribution in [2.45, 2.75) is 46.0 Å². The van der Waals surface area contributed by atoms with E-state index in [2.05, 4.69) is 25.2 Å². The van der Waals surface area contributed by atoms with Crippen molar-refractivity contribution in [1.29, 1.82) is 0 Å². The van der Waals surface area contributed by atoms with Crippen LogP contribution in [-0.2, 0) is 6.42 Å². The van der Waals surface area contributed by atoms with Crippen LogP contribution >= 0.6 is 0 Å². The Morgan fingerprint density at radius 2 is 1.76 bits per heavy atom. The van der Waals surface area contributed by atoms with Gasteiger partial charge in [-0.2, -0.15) is 0 Å². The molecule has 21 heavy (non-hydrogen) atoms. The molecule has 1 aromatic rings. The summed E-state index contributed by atoms with van der Waals surface area (Å²) in [6, 6.07) is 6.08. The highest BCUT2D eigenvalue weighted by molar-refractivity contribution is 5.40. The van der Waals surface area contributed by atoms with Crippen LogP contribution in [0, 0.1) is 5.92 Å². The van der Waals surface area contributed by atoms with Crippen LogP contribution in [0.4, 0.5) is 0 Å². The number of hydrogen-bond acceptors (Lipinski definition) is 3. The lowest BCUT2D eigenvalue weighted by Crippen LogP contribution is -2.20. The molecule has 0 fully saturated rings. The summed E-state index contributed by atoms with van der Waals surface area (Å²) >= 11 is 0. The minimum atomic E-state index is 0.743. The molecule has 1 aromatic carbocycles. The van der Waals surface area contributed by atoms with E-state index in [1.54, 1.807) is 14.2 Å². The first-order valence-electron chi connectivity index (χ1n) is 8.09. The van der Waals surface area contributed by atoms with Crippen molar-refractivity contribution in [2.24, 2.45) is 5.92 Å². The van der Waals surface area contributed by atoms with E-state index in [4.69, 9.17) is 9.47 Å². The van der Waals surface area contributed by atoms with E-state index in [0.29, 0.717) is 0 Å². The minimum absolute atomic E-state index is 0.743. The van der Waals surface area contributed by atoms with Gasteiger partial charge in [0, 0.05) is 6.07 Å². The summed E-state index contributed by atoms with van der Waals surface area (Å²) in [7, 11) is 3.40. The SMILES string of the molecule is COc1ccc(CCCCCCNCC(C)C)c(OC)c1. The molecule has 0 atom stereocenters. The van der Waals surface area contributed by atoms with Crippen molar-refractivity contribution >= 4 is 0 Å². The van der Waals surface area contributed by atoms with Crippen molar-refractivity contribution < 1.29 is 9.47 Å². The number of aryl methyl sites for hydroxylation is 1. The molecule has 0 aliphatic heterocycles. The smallest absolute Gasteiger partial charge is 0.125 e. The zero-order chi connectivity index (χ0) is 15.5. The lowest BCUT2D eigenvalue weighted by molar-refractivity contribution is 0.390. The van der Waals surface area contributed by atoms with Gasteiger partial charge in [0.2, 0.25) is 0 Å². The fraction of sp³-hybridized carbons (Fsp3) is 0.667. The van der Waals surface area contributed by atoms with Gasteiger partial charge in [-0.3, -0.25) is 0 Å².